The molecule has 2 aromatic rings. The van der Waals surface area contributed by atoms with Crippen LogP contribution >= 0.6 is 34.5 Å². The molecule has 1 aliphatic heterocycles. The lowest BCUT2D eigenvalue weighted by Gasteiger charge is -2.27. The average molecular weight is 428 g/mol. The van der Waals surface area contributed by atoms with Crippen LogP contribution in [0, 0.1) is 0 Å². The van der Waals surface area contributed by atoms with Crippen LogP contribution in [0.3, 0.4) is 0 Å². The standard InChI is InChI=1S/C18H23Cl2N5OS/c19-13-10-14(20)17(23-11-13)21-5-6-22-18(26)24-12-15(16-4-3-9-27-16)25-7-1-2-8-25/h3-4,9-11,15H,1-2,5-8,12H2,(H,21,23)(H2,22,24,26). The molecule has 0 spiro atoms. The van der Waals surface area contributed by atoms with Gasteiger partial charge in [0.1, 0.15) is 5.82 Å². The molecule has 9 heteroatoms. The van der Waals surface area contributed by atoms with Crippen molar-refractivity contribution in [1.29, 1.82) is 0 Å². The number of thiophene rings is 1. The third kappa shape index (κ3) is 5.97. The van der Waals surface area contributed by atoms with E-state index in [-0.39, 0.29) is 12.1 Å². The number of anilines is 1. The first kappa shape index (κ1) is 20.2. The van der Waals surface area contributed by atoms with Crippen LogP contribution in [0.2, 0.25) is 10.0 Å². The normalized spacial score (nSPS) is 15.5. The first-order valence-electron chi connectivity index (χ1n) is 8.97. The van der Waals surface area contributed by atoms with Gasteiger partial charge >= 0.3 is 6.03 Å². The number of nitrogens with one attached hydrogen (secondary N) is 3. The average Bonchev–Trinajstić information content (AvgIpc) is 3.35. The minimum Gasteiger partial charge on any atom is -0.367 e. The number of urea groups is 1. The van der Waals surface area contributed by atoms with Gasteiger partial charge in [-0.1, -0.05) is 29.3 Å². The van der Waals surface area contributed by atoms with Crippen LogP contribution in [0.5, 0.6) is 0 Å². The smallest absolute Gasteiger partial charge is 0.314 e. The molecule has 1 unspecified atom stereocenters. The van der Waals surface area contributed by atoms with Crippen LogP contribution in [-0.2, 0) is 0 Å². The zero-order valence-electron chi connectivity index (χ0n) is 14.9. The summed E-state index contributed by atoms with van der Waals surface area (Å²) in [5.41, 5.74) is 0. The zero-order valence-corrected chi connectivity index (χ0v) is 17.2. The number of pyridine rings is 1. The van der Waals surface area contributed by atoms with Crippen molar-refractivity contribution in [1.82, 2.24) is 20.5 Å². The van der Waals surface area contributed by atoms with Crippen LogP contribution < -0.4 is 16.0 Å². The number of aromatic nitrogens is 1. The number of rotatable bonds is 8. The molecular weight excluding hydrogens is 405 g/mol. The third-order valence-corrected chi connectivity index (χ3v) is 5.89. The topological polar surface area (TPSA) is 69.3 Å². The van der Waals surface area contributed by atoms with Crippen molar-refractivity contribution in [2.24, 2.45) is 0 Å². The minimum absolute atomic E-state index is 0.173. The molecule has 3 N–H and O–H groups in total. The lowest BCUT2D eigenvalue weighted by molar-refractivity contribution is 0.222. The molecule has 0 bridgehead atoms. The van der Waals surface area contributed by atoms with E-state index >= 15 is 0 Å². The molecule has 3 rings (SSSR count). The number of carbonyl (C=O) groups is 1. The molecular formula is C18H23Cl2N5OS. The second-order valence-electron chi connectivity index (χ2n) is 6.32. The van der Waals surface area contributed by atoms with Gasteiger partial charge in [-0.2, -0.15) is 0 Å². The van der Waals surface area contributed by atoms with E-state index in [2.05, 4.69) is 43.3 Å². The first-order valence-corrected chi connectivity index (χ1v) is 10.6. The highest BCUT2D eigenvalue weighted by Crippen LogP contribution is 2.27. The first-order chi connectivity index (χ1) is 13.1. The van der Waals surface area contributed by atoms with Gasteiger partial charge in [-0.25, -0.2) is 9.78 Å². The van der Waals surface area contributed by atoms with Gasteiger partial charge in [0, 0.05) is 30.7 Å². The van der Waals surface area contributed by atoms with Gasteiger partial charge in [0.15, 0.2) is 0 Å². The van der Waals surface area contributed by atoms with E-state index in [9.17, 15) is 4.79 Å². The maximum absolute atomic E-state index is 12.1. The number of likely N-dealkylation sites (tertiary alicyclic amines) is 1. The van der Waals surface area contributed by atoms with Crippen molar-refractivity contribution < 1.29 is 4.79 Å². The SMILES string of the molecule is O=C(NCCNc1ncc(Cl)cc1Cl)NCC(c1cccs1)N1CCCC1. The van der Waals surface area contributed by atoms with Gasteiger partial charge in [0.25, 0.3) is 0 Å². The predicted octanol–water partition coefficient (Wildman–Crippen LogP) is 4.00. The Hall–Kier alpha value is -1.54. The summed E-state index contributed by atoms with van der Waals surface area (Å²) < 4.78 is 0. The van der Waals surface area contributed by atoms with Crippen molar-refractivity contribution >= 4 is 46.4 Å². The second-order valence-corrected chi connectivity index (χ2v) is 8.14. The summed E-state index contributed by atoms with van der Waals surface area (Å²) in [5.74, 6) is 0.551. The van der Waals surface area contributed by atoms with Crippen molar-refractivity contribution in [2.75, 3.05) is 38.0 Å². The van der Waals surface area contributed by atoms with E-state index in [1.807, 2.05) is 0 Å². The van der Waals surface area contributed by atoms with Gasteiger partial charge in [0.2, 0.25) is 0 Å². The Morgan fingerprint density at radius 2 is 2.07 bits per heavy atom. The summed E-state index contributed by atoms with van der Waals surface area (Å²) in [4.78, 5) is 20.0. The highest BCUT2D eigenvalue weighted by molar-refractivity contribution is 7.10. The molecule has 1 atom stereocenters. The molecule has 1 fully saturated rings. The fourth-order valence-corrected chi connectivity index (χ4v) is 4.41. The number of hydrogen-bond acceptors (Lipinski definition) is 5. The van der Waals surface area contributed by atoms with Crippen molar-refractivity contribution in [2.45, 2.75) is 18.9 Å². The van der Waals surface area contributed by atoms with Crippen molar-refractivity contribution in [3.63, 3.8) is 0 Å². The highest BCUT2D eigenvalue weighted by atomic mass is 35.5. The second kappa shape index (κ2) is 10.1. The molecule has 1 aliphatic rings. The lowest BCUT2D eigenvalue weighted by Crippen LogP contribution is -2.42. The molecule has 0 radical (unpaired) electrons. The number of carbonyl (C=O) groups excluding carboxylic acids is 1. The highest BCUT2D eigenvalue weighted by Gasteiger charge is 2.24. The Bertz CT molecular complexity index is 737. The fourth-order valence-electron chi connectivity index (χ4n) is 3.10. The van der Waals surface area contributed by atoms with Gasteiger partial charge in [-0.3, -0.25) is 4.90 Å². The number of halogens is 2. The third-order valence-electron chi connectivity index (χ3n) is 4.42. The Kier molecular flexibility index (Phi) is 7.58. The molecule has 2 aromatic heterocycles. The van der Waals surface area contributed by atoms with Gasteiger partial charge < -0.3 is 16.0 Å². The molecule has 1 saturated heterocycles. The fraction of sp³-hybridized carbons (Fsp3) is 0.444. The van der Waals surface area contributed by atoms with Crippen LogP contribution in [0.4, 0.5) is 10.6 Å². The van der Waals surface area contributed by atoms with Crippen LogP contribution in [0.1, 0.15) is 23.8 Å². The van der Waals surface area contributed by atoms with Gasteiger partial charge in [0.05, 0.1) is 16.1 Å². The summed E-state index contributed by atoms with van der Waals surface area (Å²) in [5, 5.41) is 11.9. The molecule has 0 aliphatic carbocycles. The van der Waals surface area contributed by atoms with E-state index in [1.165, 1.54) is 23.9 Å². The van der Waals surface area contributed by atoms with E-state index in [0.29, 0.717) is 35.5 Å². The monoisotopic (exact) mass is 427 g/mol. The van der Waals surface area contributed by atoms with E-state index < -0.39 is 0 Å². The Morgan fingerprint density at radius 3 is 2.78 bits per heavy atom. The maximum atomic E-state index is 12.1. The number of amides is 2. The number of nitrogens with zero attached hydrogens (tertiary/aromatic N) is 2. The Labute approximate surface area is 173 Å². The van der Waals surface area contributed by atoms with E-state index in [1.54, 1.807) is 17.4 Å². The molecule has 146 valence electrons. The summed E-state index contributed by atoms with van der Waals surface area (Å²) in [6, 6.07) is 5.90. The van der Waals surface area contributed by atoms with Crippen LogP contribution in [0.25, 0.3) is 0 Å². The summed E-state index contributed by atoms with van der Waals surface area (Å²) in [6.07, 6.45) is 3.97. The predicted molar refractivity (Wildman–Crippen MR) is 112 cm³/mol. The minimum atomic E-state index is -0.173. The van der Waals surface area contributed by atoms with E-state index in [4.69, 9.17) is 23.2 Å². The molecule has 6 nitrogen and oxygen atoms in total. The van der Waals surface area contributed by atoms with Crippen molar-refractivity contribution in [3.05, 3.63) is 44.7 Å². The summed E-state index contributed by atoms with van der Waals surface area (Å²) in [6.45, 7) is 3.75. The van der Waals surface area contributed by atoms with Gasteiger partial charge in [-0.05, 0) is 43.4 Å². The largest absolute Gasteiger partial charge is 0.367 e. The molecule has 0 saturated carbocycles. The quantitative estimate of drug-likeness (QED) is 0.556. The summed E-state index contributed by atoms with van der Waals surface area (Å²) in [7, 11) is 0. The lowest BCUT2D eigenvalue weighted by atomic mass is 10.2. The molecule has 27 heavy (non-hydrogen) atoms. The zero-order chi connectivity index (χ0) is 19.1. The molecule has 3 heterocycles. The van der Waals surface area contributed by atoms with Crippen LogP contribution in [0.15, 0.2) is 29.8 Å². The maximum Gasteiger partial charge on any atom is 0.314 e. The molecule has 2 amide bonds. The van der Waals surface area contributed by atoms with E-state index in [0.717, 1.165) is 13.1 Å². The van der Waals surface area contributed by atoms with Crippen LogP contribution in [-0.4, -0.2) is 48.6 Å². The Balaban J connectivity index is 1.40. The Morgan fingerprint density at radius 1 is 1.26 bits per heavy atom. The van der Waals surface area contributed by atoms with Crippen molar-refractivity contribution in [3.8, 4) is 0 Å². The molecule has 0 aromatic carbocycles. The number of hydrogen-bond donors (Lipinski definition) is 3. The van der Waals surface area contributed by atoms with Gasteiger partial charge in [-0.15, -0.1) is 11.3 Å². The summed E-state index contributed by atoms with van der Waals surface area (Å²) >= 11 is 13.6.